The highest BCUT2D eigenvalue weighted by Gasteiger charge is 2.54. The zero-order chi connectivity index (χ0) is 14.6. The van der Waals surface area contributed by atoms with Crippen LogP contribution in [0.5, 0.6) is 0 Å². The molecule has 0 radical (unpaired) electrons. The number of amides is 3. The number of methoxy groups -OCH3 is 1. The number of nitrogens with one attached hydrogen (secondary N) is 1. The number of imide groups is 1. The standard InChI is InChI=1S/C16H24N2O3/c1-21-3-2-13-15(19)18(16(20)17-13)14-11-5-9-4-10(7-11)8-12(14)6-9/h9-14H,2-8H2,1H3,(H,17,20). The first-order chi connectivity index (χ1) is 10.2. The summed E-state index contributed by atoms with van der Waals surface area (Å²) in [5.41, 5.74) is 0. The van der Waals surface area contributed by atoms with Crippen LogP contribution in [0.2, 0.25) is 0 Å². The van der Waals surface area contributed by atoms with E-state index in [1.165, 1.54) is 32.1 Å². The third-order valence-electron chi connectivity index (χ3n) is 6.14. The van der Waals surface area contributed by atoms with E-state index in [-0.39, 0.29) is 24.0 Å². The normalized spacial score (nSPS) is 44.5. The van der Waals surface area contributed by atoms with E-state index in [9.17, 15) is 9.59 Å². The van der Waals surface area contributed by atoms with E-state index in [1.807, 2.05) is 0 Å². The van der Waals surface area contributed by atoms with Crippen molar-refractivity contribution in [2.24, 2.45) is 23.7 Å². The minimum atomic E-state index is -0.380. The van der Waals surface area contributed by atoms with Crippen LogP contribution in [-0.4, -0.2) is 42.6 Å². The molecule has 0 spiro atoms. The summed E-state index contributed by atoms with van der Waals surface area (Å²) in [5, 5.41) is 2.86. The van der Waals surface area contributed by atoms with Crippen LogP contribution in [0.1, 0.15) is 38.5 Å². The SMILES string of the molecule is COCCC1NC(=O)N(C2C3CC4CC(C3)CC2C4)C1=O. The van der Waals surface area contributed by atoms with Crippen LogP contribution in [0, 0.1) is 23.7 Å². The van der Waals surface area contributed by atoms with Gasteiger partial charge < -0.3 is 10.1 Å². The number of nitrogens with zero attached hydrogens (tertiary/aromatic N) is 1. The van der Waals surface area contributed by atoms with Crippen LogP contribution in [0.3, 0.4) is 0 Å². The maximum absolute atomic E-state index is 12.6. The monoisotopic (exact) mass is 292 g/mol. The van der Waals surface area contributed by atoms with Crippen molar-refractivity contribution in [3.63, 3.8) is 0 Å². The molecule has 1 unspecified atom stereocenters. The first-order valence-corrected chi connectivity index (χ1v) is 8.30. The smallest absolute Gasteiger partial charge is 0.325 e. The fourth-order valence-corrected chi connectivity index (χ4v) is 5.58. The Morgan fingerprint density at radius 2 is 1.71 bits per heavy atom. The molecule has 1 atom stereocenters. The minimum Gasteiger partial charge on any atom is -0.385 e. The van der Waals surface area contributed by atoms with E-state index in [4.69, 9.17) is 4.74 Å². The Morgan fingerprint density at radius 3 is 2.29 bits per heavy atom. The molecule has 4 saturated carbocycles. The van der Waals surface area contributed by atoms with Gasteiger partial charge in [-0.2, -0.15) is 0 Å². The third kappa shape index (κ3) is 2.08. The fourth-order valence-electron chi connectivity index (χ4n) is 5.58. The summed E-state index contributed by atoms with van der Waals surface area (Å²) >= 11 is 0. The lowest BCUT2D eigenvalue weighted by molar-refractivity contribution is -0.136. The van der Waals surface area contributed by atoms with Crippen LogP contribution in [0.15, 0.2) is 0 Å². The van der Waals surface area contributed by atoms with Crippen molar-refractivity contribution in [2.45, 2.75) is 50.6 Å². The molecule has 4 aliphatic carbocycles. The van der Waals surface area contributed by atoms with Gasteiger partial charge in [0, 0.05) is 26.2 Å². The van der Waals surface area contributed by atoms with Gasteiger partial charge in [-0.3, -0.25) is 9.69 Å². The fraction of sp³-hybridized carbons (Fsp3) is 0.875. The summed E-state index contributed by atoms with van der Waals surface area (Å²) in [5.74, 6) is 2.80. The van der Waals surface area contributed by atoms with Crippen LogP contribution in [0.4, 0.5) is 4.79 Å². The minimum absolute atomic E-state index is 0.0190. The second kappa shape index (κ2) is 4.97. The van der Waals surface area contributed by atoms with Crippen molar-refractivity contribution in [1.82, 2.24) is 10.2 Å². The molecule has 4 bridgehead atoms. The van der Waals surface area contributed by atoms with E-state index >= 15 is 0 Å². The van der Waals surface area contributed by atoms with E-state index in [0.29, 0.717) is 24.9 Å². The zero-order valence-electron chi connectivity index (χ0n) is 12.6. The molecule has 3 amide bonds. The highest BCUT2D eigenvalue weighted by Crippen LogP contribution is 2.55. The Bertz CT molecular complexity index is 436. The quantitative estimate of drug-likeness (QED) is 0.803. The Morgan fingerprint density at radius 1 is 1.10 bits per heavy atom. The van der Waals surface area contributed by atoms with Crippen molar-refractivity contribution in [2.75, 3.05) is 13.7 Å². The highest BCUT2D eigenvalue weighted by atomic mass is 16.5. The summed E-state index contributed by atoms with van der Waals surface area (Å²) in [7, 11) is 1.62. The largest absolute Gasteiger partial charge is 0.385 e. The molecule has 5 rings (SSSR count). The Balaban J connectivity index is 1.53. The molecule has 1 N–H and O–H groups in total. The van der Waals surface area contributed by atoms with Gasteiger partial charge in [0.1, 0.15) is 6.04 Å². The van der Waals surface area contributed by atoms with Crippen LogP contribution in [-0.2, 0) is 9.53 Å². The maximum Gasteiger partial charge on any atom is 0.325 e. The van der Waals surface area contributed by atoms with Gasteiger partial charge in [-0.15, -0.1) is 0 Å². The van der Waals surface area contributed by atoms with Gasteiger partial charge in [0.2, 0.25) is 0 Å². The van der Waals surface area contributed by atoms with Gasteiger partial charge in [-0.1, -0.05) is 0 Å². The lowest BCUT2D eigenvalue weighted by Crippen LogP contribution is -2.57. The first kappa shape index (κ1) is 13.6. The highest BCUT2D eigenvalue weighted by molar-refractivity contribution is 6.04. The average molecular weight is 292 g/mol. The number of ether oxygens (including phenoxy) is 1. The van der Waals surface area contributed by atoms with Crippen molar-refractivity contribution in [1.29, 1.82) is 0 Å². The molecule has 1 saturated heterocycles. The number of urea groups is 1. The molecule has 5 fully saturated rings. The van der Waals surface area contributed by atoms with Crippen LogP contribution >= 0.6 is 0 Å². The molecular formula is C16H24N2O3. The molecule has 0 aromatic heterocycles. The summed E-state index contributed by atoms with van der Waals surface area (Å²) in [4.78, 5) is 26.6. The lowest BCUT2D eigenvalue weighted by Gasteiger charge is -2.55. The van der Waals surface area contributed by atoms with Gasteiger partial charge in [0.25, 0.3) is 5.91 Å². The molecular weight excluding hydrogens is 268 g/mol. The van der Waals surface area contributed by atoms with Crippen molar-refractivity contribution in [3.8, 4) is 0 Å². The number of carbonyl (C=O) groups is 2. The Labute approximate surface area is 125 Å². The van der Waals surface area contributed by atoms with Gasteiger partial charge in [0.15, 0.2) is 0 Å². The molecule has 5 heteroatoms. The Kier molecular flexibility index (Phi) is 3.21. The van der Waals surface area contributed by atoms with E-state index in [2.05, 4.69) is 5.32 Å². The molecule has 1 heterocycles. The molecule has 5 nitrogen and oxygen atoms in total. The predicted octanol–water partition coefficient (Wildman–Crippen LogP) is 1.77. The lowest BCUT2D eigenvalue weighted by atomic mass is 9.54. The van der Waals surface area contributed by atoms with Crippen LogP contribution in [0.25, 0.3) is 0 Å². The van der Waals surface area contributed by atoms with Gasteiger partial charge in [0.05, 0.1) is 0 Å². The van der Waals surface area contributed by atoms with Crippen molar-refractivity contribution in [3.05, 3.63) is 0 Å². The number of rotatable bonds is 4. The first-order valence-electron chi connectivity index (χ1n) is 8.30. The zero-order valence-corrected chi connectivity index (χ0v) is 12.6. The summed E-state index contributed by atoms with van der Waals surface area (Å²) in [6.07, 6.45) is 6.84. The van der Waals surface area contributed by atoms with Crippen molar-refractivity contribution >= 4 is 11.9 Å². The van der Waals surface area contributed by atoms with Gasteiger partial charge >= 0.3 is 6.03 Å². The summed E-state index contributed by atoms with van der Waals surface area (Å²) in [6.45, 7) is 0.506. The van der Waals surface area contributed by atoms with Gasteiger partial charge in [-0.05, 0) is 55.8 Å². The second-order valence-electron chi connectivity index (χ2n) is 7.41. The van der Waals surface area contributed by atoms with E-state index in [0.717, 1.165) is 11.8 Å². The summed E-state index contributed by atoms with van der Waals surface area (Å²) in [6, 6.07) is -0.383. The van der Waals surface area contributed by atoms with E-state index < -0.39 is 0 Å². The Hall–Kier alpha value is -1.10. The topological polar surface area (TPSA) is 58.6 Å². The molecule has 5 aliphatic rings. The second-order valence-corrected chi connectivity index (χ2v) is 7.41. The molecule has 0 aromatic carbocycles. The number of hydrogen-bond donors (Lipinski definition) is 1. The maximum atomic E-state index is 12.6. The van der Waals surface area contributed by atoms with Gasteiger partial charge in [-0.25, -0.2) is 4.79 Å². The molecule has 1 aliphatic heterocycles. The van der Waals surface area contributed by atoms with Crippen LogP contribution < -0.4 is 5.32 Å². The van der Waals surface area contributed by atoms with Crippen molar-refractivity contribution < 1.29 is 14.3 Å². The van der Waals surface area contributed by atoms with E-state index in [1.54, 1.807) is 12.0 Å². The average Bonchev–Trinajstić information content (AvgIpc) is 2.71. The summed E-state index contributed by atoms with van der Waals surface area (Å²) < 4.78 is 5.04. The predicted molar refractivity (Wildman–Crippen MR) is 76.5 cm³/mol. The molecule has 116 valence electrons. The molecule has 21 heavy (non-hydrogen) atoms. The third-order valence-corrected chi connectivity index (χ3v) is 6.14. The molecule has 0 aromatic rings. The number of carbonyl (C=O) groups excluding carboxylic acids is 2. The number of hydrogen-bond acceptors (Lipinski definition) is 3.